The summed E-state index contributed by atoms with van der Waals surface area (Å²) < 4.78 is 5.80. The molecule has 8 heteroatoms. The van der Waals surface area contributed by atoms with Crippen molar-refractivity contribution < 1.29 is 14.5 Å². The van der Waals surface area contributed by atoms with Crippen LogP contribution in [-0.2, 0) is 4.79 Å². The second-order valence-corrected chi connectivity index (χ2v) is 7.26. The number of carbonyl (C=O) groups is 1. The normalized spacial score (nSPS) is 26.3. The Kier molecular flexibility index (Phi) is 5.23. The maximum absolute atomic E-state index is 12.9. The van der Waals surface area contributed by atoms with Crippen molar-refractivity contribution in [3.8, 4) is 11.5 Å². The predicted octanol–water partition coefficient (Wildman–Crippen LogP) is 2.57. The van der Waals surface area contributed by atoms with Crippen LogP contribution >= 0.6 is 0 Å². The average Bonchev–Trinajstić information content (AvgIpc) is 3.17. The highest BCUT2D eigenvalue weighted by molar-refractivity contribution is 5.93. The average molecular weight is 382 g/mol. The summed E-state index contributed by atoms with van der Waals surface area (Å²) in [6.45, 7) is 0.638. The third kappa shape index (κ3) is 3.97. The van der Waals surface area contributed by atoms with Crippen LogP contribution in [0.1, 0.15) is 12.8 Å². The molecule has 2 aromatic carbocycles. The van der Waals surface area contributed by atoms with E-state index >= 15 is 0 Å². The van der Waals surface area contributed by atoms with Crippen LogP contribution in [0.2, 0.25) is 0 Å². The minimum atomic E-state index is -0.688. The van der Waals surface area contributed by atoms with Crippen LogP contribution in [0, 0.1) is 22.0 Å². The summed E-state index contributed by atoms with van der Waals surface area (Å²) in [5.74, 6) is 0.704. The lowest BCUT2D eigenvalue weighted by Gasteiger charge is -2.33. The molecule has 146 valence electrons. The number of nitrogens with zero attached hydrogens (tertiary/aromatic N) is 1. The molecule has 1 saturated carbocycles. The van der Waals surface area contributed by atoms with Gasteiger partial charge in [-0.3, -0.25) is 25.8 Å². The first-order valence-electron chi connectivity index (χ1n) is 9.36. The lowest BCUT2D eigenvalue weighted by atomic mass is 9.75. The molecule has 3 N–H and O–H groups in total. The molecule has 4 unspecified atom stereocenters. The summed E-state index contributed by atoms with van der Waals surface area (Å²) in [4.78, 5) is 23.9. The molecule has 4 rings (SSSR count). The van der Waals surface area contributed by atoms with E-state index in [9.17, 15) is 14.9 Å². The van der Waals surface area contributed by atoms with Crippen molar-refractivity contribution in [2.24, 2.45) is 11.8 Å². The van der Waals surface area contributed by atoms with Gasteiger partial charge in [-0.25, -0.2) is 0 Å². The molecule has 0 aromatic heterocycles. The van der Waals surface area contributed by atoms with Gasteiger partial charge in [0.2, 0.25) is 11.9 Å². The lowest BCUT2D eigenvalue weighted by molar-refractivity contribution is -0.529. The van der Waals surface area contributed by atoms with Gasteiger partial charge in [-0.1, -0.05) is 24.3 Å². The Labute approximate surface area is 162 Å². The Hall–Kier alpha value is -2.97. The van der Waals surface area contributed by atoms with Crippen LogP contribution in [0.25, 0.3) is 0 Å². The Morgan fingerprint density at radius 1 is 1.11 bits per heavy atom. The van der Waals surface area contributed by atoms with Gasteiger partial charge in [-0.2, -0.15) is 0 Å². The van der Waals surface area contributed by atoms with E-state index in [2.05, 4.69) is 16.2 Å². The fourth-order valence-corrected chi connectivity index (χ4v) is 4.04. The molecule has 1 heterocycles. The molecule has 8 nitrogen and oxygen atoms in total. The van der Waals surface area contributed by atoms with Gasteiger partial charge >= 0.3 is 0 Å². The maximum atomic E-state index is 12.9. The van der Waals surface area contributed by atoms with Crippen LogP contribution in [-0.4, -0.2) is 29.5 Å². The predicted molar refractivity (Wildman–Crippen MR) is 104 cm³/mol. The highest BCUT2D eigenvalue weighted by Crippen LogP contribution is 2.34. The molecule has 2 fully saturated rings. The van der Waals surface area contributed by atoms with Gasteiger partial charge in [0.05, 0.1) is 5.92 Å². The van der Waals surface area contributed by atoms with Crippen molar-refractivity contribution in [3.05, 3.63) is 64.7 Å². The number of rotatable bonds is 5. The monoisotopic (exact) mass is 382 g/mol. The summed E-state index contributed by atoms with van der Waals surface area (Å²) in [6, 6.07) is 15.7. The fourth-order valence-electron chi connectivity index (χ4n) is 4.04. The Balaban J connectivity index is 1.46. The molecule has 0 bridgehead atoms. The first kappa shape index (κ1) is 18.4. The smallest absolute Gasteiger partial charge is 0.229 e. The Morgan fingerprint density at radius 3 is 2.68 bits per heavy atom. The number of carbonyl (C=O) groups excluding carboxylic acids is 1. The molecule has 1 aliphatic carbocycles. The number of amides is 1. The largest absolute Gasteiger partial charge is 0.457 e. The van der Waals surface area contributed by atoms with E-state index in [1.807, 2.05) is 36.4 Å². The molecule has 0 radical (unpaired) electrons. The number of hydrogen-bond acceptors (Lipinski definition) is 6. The third-order valence-corrected chi connectivity index (χ3v) is 5.39. The molecule has 1 saturated heterocycles. The summed E-state index contributed by atoms with van der Waals surface area (Å²) in [6.07, 6.45) is 0.719. The summed E-state index contributed by atoms with van der Waals surface area (Å²) in [5, 5.41) is 14.2. The number of nitrogens with one attached hydrogen (secondary N) is 3. The Morgan fingerprint density at radius 2 is 1.89 bits per heavy atom. The van der Waals surface area contributed by atoms with Gasteiger partial charge in [0, 0.05) is 42.1 Å². The van der Waals surface area contributed by atoms with Crippen molar-refractivity contribution in [3.63, 3.8) is 0 Å². The van der Waals surface area contributed by atoms with Crippen molar-refractivity contribution in [2.45, 2.75) is 24.9 Å². The van der Waals surface area contributed by atoms with Gasteiger partial charge < -0.3 is 10.1 Å². The first-order chi connectivity index (χ1) is 13.6. The number of ether oxygens (including phenoxy) is 1. The topological polar surface area (TPSA) is 106 Å². The number of anilines is 1. The lowest BCUT2D eigenvalue weighted by Crippen LogP contribution is -2.50. The molecule has 28 heavy (non-hydrogen) atoms. The van der Waals surface area contributed by atoms with Crippen LogP contribution in [0.15, 0.2) is 54.6 Å². The minimum Gasteiger partial charge on any atom is -0.457 e. The van der Waals surface area contributed by atoms with E-state index in [-0.39, 0.29) is 29.2 Å². The third-order valence-electron chi connectivity index (χ3n) is 5.39. The number of hydrogen-bond donors (Lipinski definition) is 3. The van der Waals surface area contributed by atoms with E-state index in [0.717, 1.165) is 0 Å². The number of benzene rings is 2. The van der Waals surface area contributed by atoms with Gasteiger partial charge in [-0.15, -0.1) is 0 Å². The number of nitro groups is 1. The second-order valence-electron chi connectivity index (χ2n) is 7.26. The van der Waals surface area contributed by atoms with Gasteiger partial charge in [-0.05, 0) is 30.2 Å². The van der Waals surface area contributed by atoms with E-state index in [4.69, 9.17) is 4.74 Å². The molecule has 2 aliphatic rings. The molecule has 2 aromatic rings. The molecule has 4 atom stereocenters. The highest BCUT2D eigenvalue weighted by Gasteiger charge is 2.47. The second kappa shape index (κ2) is 7.95. The molecular weight excluding hydrogens is 360 g/mol. The highest BCUT2D eigenvalue weighted by atomic mass is 16.6. The van der Waals surface area contributed by atoms with Gasteiger partial charge in [0.15, 0.2) is 0 Å². The molecule has 1 amide bonds. The van der Waals surface area contributed by atoms with Crippen molar-refractivity contribution in [2.75, 3.05) is 11.9 Å². The van der Waals surface area contributed by atoms with Crippen LogP contribution in [0.5, 0.6) is 11.5 Å². The quantitative estimate of drug-likeness (QED) is 0.542. The zero-order valence-electron chi connectivity index (χ0n) is 15.2. The fraction of sp³-hybridized carbons (Fsp3) is 0.350. The van der Waals surface area contributed by atoms with Crippen LogP contribution in [0.3, 0.4) is 0 Å². The zero-order valence-corrected chi connectivity index (χ0v) is 15.2. The van der Waals surface area contributed by atoms with E-state index in [0.29, 0.717) is 30.2 Å². The zero-order chi connectivity index (χ0) is 19.5. The van der Waals surface area contributed by atoms with Crippen LogP contribution in [0.4, 0.5) is 5.69 Å². The summed E-state index contributed by atoms with van der Waals surface area (Å²) in [7, 11) is 0. The number of fused-ring (bicyclic) bond motifs is 1. The SMILES string of the molecule is O=C(Nc1cccc(Oc2ccccc2)c1)C1CC([N+](=O)[O-])CC2CNNC21. The number of hydrazine groups is 1. The van der Waals surface area contributed by atoms with E-state index in [1.54, 1.807) is 18.2 Å². The standard InChI is InChI=1S/C20H22N4O4/c25-20(18-11-15(24(26)27)9-13-12-21-23-19(13)18)22-14-5-4-8-17(10-14)28-16-6-2-1-3-7-16/h1-8,10,13,15,18-19,21,23H,9,11-12H2,(H,22,25). The van der Waals surface area contributed by atoms with Gasteiger partial charge in [0.25, 0.3) is 0 Å². The first-order valence-corrected chi connectivity index (χ1v) is 9.36. The van der Waals surface area contributed by atoms with E-state index < -0.39 is 12.0 Å². The van der Waals surface area contributed by atoms with Crippen molar-refractivity contribution in [1.29, 1.82) is 0 Å². The maximum Gasteiger partial charge on any atom is 0.229 e. The molecular formula is C20H22N4O4. The minimum absolute atomic E-state index is 0.0765. The Bertz CT molecular complexity index is 860. The van der Waals surface area contributed by atoms with Crippen LogP contribution < -0.4 is 20.9 Å². The molecule has 1 aliphatic heterocycles. The molecule has 0 spiro atoms. The number of para-hydroxylation sites is 1. The van der Waals surface area contributed by atoms with E-state index in [1.165, 1.54) is 0 Å². The van der Waals surface area contributed by atoms with Gasteiger partial charge in [0.1, 0.15) is 11.5 Å². The van der Waals surface area contributed by atoms with Crippen molar-refractivity contribution in [1.82, 2.24) is 10.9 Å². The summed E-state index contributed by atoms with van der Waals surface area (Å²) in [5.41, 5.74) is 6.76. The van der Waals surface area contributed by atoms with Crippen molar-refractivity contribution >= 4 is 11.6 Å². The summed E-state index contributed by atoms with van der Waals surface area (Å²) >= 11 is 0.